The molecule has 0 unspecified atom stereocenters. The van der Waals surface area contributed by atoms with Crippen LogP contribution in [0.1, 0.15) is 16.7 Å². The Bertz CT molecular complexity index is 1080. The van der Waals surface area contributed by atoms with Crippen LogP contribution < -0.4 is 0 Å². The Morgan fingerprint density at radius 2 is 1.73 bits per heavy atom. The van der Waals surface area contributed by atoms with Crippen molar-refractivity contribution in [1.29, 1.82) is 0 Å². The minimum absolute atomic E-state index is 0.154. The van der Waals surface area contributed by atoms with Gasteiger partial charge in [0.25, 0.3) is 0 Å². The van der Waals surface area contributed by atoms with Crippen molar-refractivity contribution in [1.82, 2.24) is 9.80 Å². The molecule has 1 aliphatic heterocycles. The van der Waals surface area contributed by atoms with Crippen LogP contribution in [0.4, 0.5) is 9.18 Å². The van der Waals surface area contributed by atoms with Crippen LogP contribution in [0.25, 0.3) is 0 Å². The molecule has 1 amide bonds. The summed E-state index contributed by atoms with van der Waals surface area (Å²) in [5.74, 6) is -0.305. The highest BCUT2D eigenvalue weighted by atomic mass is 35.5. The summed E-state index contributed by atoms with van der Waals surface area (Å²) in [6.07, 6.45) is -1.27. The van der Waals surface area contributed by atoms with E-state index in [4.69, 9.17) is 16.3 Å². The maximum atomic E-state index is 14.4. The van der Waals surface area contributed by atoms with Gasteiger partial charge in [-0.3, -0.25) is 4.90 Å². The number of rotatable bonds is 7. The van der Waals surface area contributed by atoms with Crippen LogP contribution in [-0.2, 0) is 24.4 Å². The summed E-state index contributed by atoms with van der Waals surface area (Å²) in [5, 5.41) is 11.4. The van der Waals surface area contributed by atoms with E-state index in [1.807, 2.05) is 53.4 Å². The van der Waals surface area contributed by atoms with Crippen molar-refractivity contribution >= 4 is 17.7 Å². The van der Waals surface area contributed by atoms with Crippen molar-refractivity contribution < 1.29 is 19.0 Å². The number of likely N-dealkylation sites (tertiary alicyclic amines) is 1. The normalized spacial score (nSPS) is 18.0. The van der Waals surface area contributed by atoms with Crippen molar-refractivity contribution in [2.45, 2.75) is 31.8 Å². The van der Waals surface area contributed by atoms with Crippen LogP contribution in [-0.4, -0.2) is 46.2 Å². The van der Waals surface area contributed by atoms with Gasteiger partial charge in [-0.2, -0.15) is 0 Å². The Hall–Kier alpha value is -2.93. The molecule has 1 N–H and O–H groups in total. The van der Waals surface area contributed by atoms with E-state index in [2.05, 4.69) is 0 Å². The SMILES string of the molecule is O=C(OCc1ccccc1)N1C[C@@H](O)[C@H](N(Cc2cccc(Cl)c2)Cc2ccccc2F)C1. The van der Waals surface area contributed by atoms with Crippen LogP contribution in [0.15, 0.2) is 78.9 Å². The van der Waals surface area contributed by atoms with Crippen LogP contribution in [0.2, 0.25) is 5.02 Å². The second kappa shape index (κ2) is 10.8. The fraction of sp³-hybridized carbons (Fsp3) is 0.269. The van der Waals surface area contributed by atoms with Gasteiger partial charge in [0.15, 0.2) is 0 Å². The molecule has 0 aliphatic carbocycles. The predicted molar refractivity (Wildman–Crippen MR) is 125 cm³/mol. The molecule has 0 radical (unpaired) electrons. The van der Waals surface area contributed by atoms with E-state index < -0.39 is 12.2 Å². The summed E-state index contributed by atoms with van der Waals surface area (Å²) >= 11 is 6.15. The second-order valence-electron chi connectivity index (χ2n) is 8.21. The smallest absolute Gasteiger partial charge is 0.410 e. The number of nitrogens with zero attached hydrogens (tertiary/aromatic N) is 2. The van der Waals surface area contributed by atoms with E-state index in [0.717, 1.165) is 11.1 Å². The first-order chi connectivity index (χ1) is 16.0. The largest absolute Gasteiger partial charge is 0.445 e. The molecule has 5 nitrogen and oxygen atoms in total. The molecule has 3 aromatic carbocycles. The second-order valence-corrected chi connectivity index (χ2v) is 8.64. The maximum absolute atomic E-state index is 14.4. The fourth-order valence-corrected chi connectivity index (χ4v) is 4.31. The number of aliphatic hydroxyl groups is 1. The molecule has 1 aliphatic rings. The Kier molecular flexibility index (Phi) is 7.60. The Morgan fingerprint density at radius 3 is 2.48 bits per heavy atom. The van der Waals surface area contributed by atoms with Crippen LogP contribution >= 0.6 is 11.6 Å². The first-order valence-electron chi connectivity index (χ1n) is 10.8. The van der Waals surface area contributed by atoms with Crippen LogP contribution in [0.5, 0.6) is 0 Å². The van der Waals surface area contributed by atoms with Gasteiger partial charge in [0.1, 0.15) is 12.4 Å². The van der Waals surface area contributed by atoms with Gasteiger partial charge in [-0.25, -0.2) is 9.18 Å². The van der Waals surface area contributed by atoms with Gasteiger partial charge in [-0.05, 0) is 29.3 Å². The fourth-order valence-electron chi connectivity index (χ4n) is 4.09. The summed E-state index contributed by atoms with van der Waals surface area (Å²) in [5.41, 5.74) is 2.36. The number of β-amino-alcohol motifs (C(OH)–C–C–N with tert-alkyl or cyclic N) is 1. The third kappa shape index (κ3) is 6.11. The molecular weight excluding hydrogens is 443 g/mol. The molecule has 7 heteroatoms. The highest BCUT2D eigenvalue weighted by Gasteiger charge is 2.38. The Labute approximate surface area is 198 Å². The van der Waals surface area contributed by atoms with Gasteiger partial charge in [0.2, 0.25) is 0 Å². The number of amides is 1. The van der Waals surface area contributed by atoms with E-state index in [0.29, 0.717) is 17.1 Å². The van der Waals surface area contributed by atoms with Gasteiger partial charge in [0.05, 0.1) is 18.7 Å². The molecule has 0 spiro atoms. The topological polar surface area (TPSA) is 53.0 Å². The lowest BCUT2D eigenvalue weighted by Gasteiger charge is -2.31. The number of ether oxygens (including phenoxy) is 1. The minimum Gasteiger partial charge on any atom is -0.445 e. The average molecular weight is 469 g/mol. The number of hydrogen-bond acceptors (Lipinski definition) is 4. The molecule has 1 fully saturated rings. The van der Waals surface area contributed by atoms with Crippen molar-refractivity contribution in [3.05, 3.63) is 106 Å². The van der Waals surface area contributed by atoms with Gasteiger partial charge < -0.3 is 14.7 Å². The Morgan fingerprint density at radius 1 is 1.00 bits per heavy atom. The summed E-state index contributed by atoms with van der Waals surface area (Å²) in [6.45, 7) is 1.33. The molecule has 4 rings (SSSR count). The van der Waals surface area contributed by atoms with E-state index in [9.17, 15) is 14.3 Å². The number of halogens is 2. The first kappa shape index (κ1) is 23.2. The molecule has 0 bridgehead atoms. The van der Waals surface area contributed by atoms with Crippen LogP contribution in [0.3, 0.4) is 0 Å². The van der Waals surface area contributed by atoms with E-state index in [1.54, 1.807) is 24.3 Å². The molecule has 0 aromatic heterocycles. The lowest BCUT2D eigenvalue weighted by Crippen LogP contribution is -2.42. The molecule has 1 heterocycles. The maximum Gasteiger partial charge on any atom is 0.410 e. The number of hydrogen-bond donors (Lipinski definition) is 1. The molecule has 2 atom stereocenters. The van der Waals surface area contributed by atoms with E-state index >= 15 is 0 Å². The Balaban J connectivity index is 1.48. The quantitative estimate of drug-likeness (QED) is 0.538. The zero-order chi connectivity index (χ0) is 23.2. The number of carbonyl (C=O) groups excluding carboxylic acids is 1. The van der Waals surface area contributed by atoms with Crippen molar-refractivity contribution in [2.75, 3.05) is 13.1 Å². The third-order valence-electron chi connectivity index (χ3n) is 5.80. The average Bonchev–Trinajstić information content (AvgIpc) is 3.21. The van der Waals surface area contributed by atoms with Gasteiger partial charge in [-0.15, -0.1) is 0 Å². The minimum atomic E-state index is -0.791. The molecular formula is C26H26ClFN2O3. The lowest BCUT2D eigenvalue weighted by molar-refractivity contribution is 0.0721. The number of aliphatic hydroxyl groups excluding tert-OH is 1. The lowest BCUT2D eigenvalue weighted by atomic mass is 10.1. The van der Waals surface area contributed by atoms with E-state index in [-0.39, 0.29) is 38.1 Å². The van der Waals surface area contributed by atoms with Crippen LogP contribution in [0, 0.1) is 5.82 Å². The van der Waals surface area contributed by atoms with Crippen molar-refractivity contribution in [2.24, 2.45) is 0 Å². The third-order valence-corrected chi connectivity index (χ3v) is 6.03. The predicted octanol–water partition coefficient (Wildman–Crippen LogP) is 4.86. The number of benzene rings is 3. The van der Waals surface area contributed by atoms with Crippen molar-refractivity contribution in [3.8, 4) is 0 Å². The number of carbonyl (C=O) groups is 1. The zero-order valence-electron chi connectivity index (χ0n) is 18.1. The molecule has 172 valence electrons. The van der Waals surface area contributed by atoms with Gasteiger partial charge in [0, 0.05) is 30.2 Å². The van der Waals surface area contributed by atoms with Gasteiger partial charge >= 0.3 is 6.09 Å². The monoisotopic (exact) mass is 468 g/mol. The zero-order valence-corrected chi connectivity index (χ0v) is 18.9. The highest BCUT2D eigenvalue weighted by molar-refractivity contribution is 6.30. The molecule has 3 aromatic rings. The van der Waals surface area contributed by atoms with E-state index in [1.165, 1.54) is 11.0 Å². The summed E-state index contributed by atoms with van der Waals surface area (Å²) in [4.78, 5) is 16.1. The first-order valence-corrected chi connectivity index (χ1v) is 11.2. The molecule has 1 saturated heterocycles. The summed E-state index contributed by atoms with van der Waals surface area (Å²) in [7, 11) is 0. The summed E-state index contributed by atoms with van der Waals surface area (Å²) in [6, 6.07) is 23.1. The molecule has 33 heavy (non-hydrogen) atoms. The van der Waals surface area contributed by atoms with Gasteiger partial charge in [-0.1, -0.05) is 72.3 Å². The standard InChI is InChI=1S/C26H26ClFN2O3/c27-22-11-6-9-20(13-22)14-29(15-21-10-4-5-12-23(21)28)24-16-30(17-25(24)31)26(32)33-18-19-7-2-1-3-8-19/h1-13,24-25,31H,14-18H2/t24-,25-/m1/s1. The molecule has 0 saturated carbocycles. The summed E-state index contributed by atoms with van der Waals surface area (Å²) < 4.78 is 19.8. The van der Waals surface area contributed by atoms with Crippen molar-refractivity contribution in [3.63, 3.8) is 0 Å². The highest BCUT2D eigenvalue weighted by Crippen LogP contribution is 2.24.